The molecule has 13 atom stereocenters. The Morgan fingerprint density at radius 1 is 0.516 bits per heavy atom. The second-order valence-electron chi connectivity index (χ2n) is 30.7. The molecular formula is C85H111N17O26. The van der Waals surface area contributed by atoms with Crippen molar-refractivity contribution in [3.63, 3.8) is 0 Å². The Hall–Kier alpha value is -14.3. The zero-order valence-corrected chi connectivity index (χ0v) is 70.9. The largest absolute Gasteiger partial charge is 0.481 e. The predicted octanol–water partition coefficient (Wildman–Crippen LogP) is -2.12. The first-order valence-corrected chi connectivity index (χ1v) is 41.5. The number of ether oxygens (including phenoxy) is 1. The fraction of sp³-hybridized carbons (Fsp3) is 0.459. The van der Waals surface area contributed by atoms with Gasteiger partial charge in [-0.3, -0.25) is 91.1 Å². The van der Waals surface area contributed by atoms with Crippen molar-refractivity contribution in [2.24, 2.45) is 11.7 Å². The molecule has 43 heteroatoms. The fourth-order valence-electron chi connectivity index (χ4n) is 13.5. The zero-order valence-electron chi connectivity index (χ0n) is 70.9. The summed E-state index contributed by atoms with van der Waals surface area (Å²) in [6, 6.07) is 6.29. The van der Waals surface area contributed by atoms with Crippen molar-refractivity contribution in [3.05, 3.63) is 126 Å². The van der Waals surface area contributed by atoms with Crippen LogP contribution in [0.5, 0.6) is 0 Å². The number of hydrogen-bond acceptors (Lipinski definition) is 24. The number of aliphatic carboxylic acids is 4. The Kier molecular flexibility index (Phi) is 41.5. The molecule has 0 radical (unpaired) electrons. The van der Waals surface area contributed by atoms with Crippen LogP contribution in [0.4, 0.5) is 5.69 Å². The van der Waals surface area contributed by atoms with Gasteiger partial charge in [-0.05, 0) is 86.0 Å². The number of aromatic amines is 1. The molecule has 0 spiro atoms. The number of esters is 1. The number of unbranched alkanes of at least 4 members (excludes halogenated alkanes) is 6. The van der Waals surface area contributed by atoms with Crippen LogP contribution in [0.1, 0.15) is 152 Å². The highest BCUT2D eigenvalue weighted by Crippen LogP contribution is 2.23. The molecule has 2 heterocycles. The third kappa shape index (κ3) is 34.3. The number of carbonyl (C=O) groups is 20. The molecule has 1 saturated heterocycles. The number of Topliss-reactive ketones (excluding diaryl/α,β-unsaturated/α-hetero) is 1. The molecule has 0 saturated carbocycles. The number of cyclic esters (lactones) is 1. The molecule has 1 aliphatic heterocycles. The summed E-state index contributed by atoms with van der Waals surface area (Å²) in [5, 5.41) is 83.0. The third-order valence-electron chi connectivity index (χ3n) is 20.4. The second-order valence-corrected chi connectivity index (χ2v) is 30.7. The van der Waals surface area contributed by atoms with Gasteiger partial charge in [0.05, 0.1) is 51.8 Å². The molecule has 0 aliphatic carbocycles. The molecular weight excluding hydrogens is 1680 g/mol. The van der Waals surface area contributed by atoms with Gasteiger partial charge in [0, 0.05) is 54.2 Å². The Labute approximate surface area is 734 Å². The molecule has 14 amide bonds. The van der Waals surface area contributed by atoms with Crippen LogP contribution in [0.15, 0.2) is 109 Å². The van der Waals surface area contributed by atoms with E-state index < -0.39 is 255 Å². The van der Waals surface area contributed by atoms with Crippen molar-refractivity contribution in [1.82, 2.24) is 79.4 Å². The smallest absolute Gasteiger partial charge is 0.329 e. The molecule has 4 aromatic carbocycles. The number of aromatic nitrogens is 1. The highest BCUT2D eigenvalue weighted by Gasteiger charge is 2.41. The zero-order chi connectivity index (χ0) is 94.3. The summed E-state index contributed by atoms with van der Waals surface area (Å²) in [7, 11) is 0. The minimum absolute atomic E-state index is 0.00812. The quantitative estimate of drug-likeness (QED) is 0.00865. The number of nitrogen functional groups attached to an aromatic ring is 1. The van der Waals surface area contributed by atoms with Crippen molar-refractivity contribution in [2.75, 3.05) is 32.0 Å². The number of primary amides is 1. The lowest BCUT2D eigenvalue weighted by Gasteiger charge is -2.30. The number of hydrogen-bond donors (Lipinski definition) is 22. The molecule has 24 N–H and O–H groups in total. The summed E-state index contributed by atoms with van der Waals surface area (Å²) in [5.41, 5.74) is 15.1. The number of para-hydroxylation sites is 2. The van der Waals surface area contributed by atoms with E-state index in [0.717, 1.165) is 69.6 Å². The summed E-state index contributed by atoms with van der Waals surface area (Å²) in [6.45, 7) is 1.66. The lowest BCUT2D eigenvalue weighted by molar-refractivity contribution is -0.156. The van der Waals surface area contributed by atoms with E-state index in [2.05, 4.69) is 75.7 Å². The average molecular weight is 1790 g/mol. The summed E-state index contributed by atoms with van der Waals surface area (Å²) < 4.78 is 5.76. The SMILES string of the molecule is CCCCCCCCCC(=O)NC(Cc1c[nH]c2ccccc12)C(=O)NC(CC(N)=O)C(=O)NC(CC(=O)O)C(=O)NC1C(=O)NCC(=O)NC(CCCNCc2ccc(-c3ccccc3)cc2)C(=O)NC(CC(=O)O)C(=O)NC(C)C(=O)NC(CC(=O)O)C(=O)NCC(=O)NC(CO)C(=O)NC(C(C)CC(=O)O)C(=O)NC(CC(=O)c2ccccc2N)C(=O)OC1C. The maximum atomic E-state index is 15.0. The van der Waals surface area contributed by atoms with E-state index in [1.807, 2.05) is 65.2 Å². The molecule has 13 unspecified atom stereocenters. The molecule has 6 rings (SSSR count). The number of aliphatic hydroxyl groups is 1. The van der Waals surface area contributed by atoms with Crippen LogP contribution < -0.4 is 85.9 Å². The van der Waals surface area contributed by atoms with Crippen molar-refractivity contribution < 1.29 is 126 Å². The topological polar surface area (TPSA) is 688 Å². The number of H-pyrrole nitrogens is 1. The number of aliphatic hydroxyl groups excluding tert-OH is 1. The number of carboxylic acids is 4. The van der Waals surface area contributed by atoms with Crippen LogP contribution in [0, 0.1) is 5.92 Å². The van der Waals surface area contributed by atoms with E-state index in [4.69, 9.17) is 16.2 Å². The van der Waals surface area contributed by atoms with Crippen molar-refractivity contribution in [1.29, 1.82) is 0 Å². The number of rotatable bonds is 39. The van der Waals surface area contributed by atoms with E-state index in [1.54, 1.807) is 30.5 Å². The first-order valence-electron chi connectivity index (χ1n) is 41.5. The molecule has 43 nitrogen and oxygen atoms in total. The molecule has 128 heavy (non-hydrogen) atoms. The molecule has 1 aromatic heterocycles. The summed E-state index contributed by atoms with van der Waals surface area (Å²) in [6.07, 6.45) is -2.28. The average Bonchev–Trinajstić information content (AvgIpc) is 1.65. The lowest BCUT2D eigenvalue weighted by atomic mass is 9.96. The monoisotopic (exact) mass is 1790 g/mol. The standard InChI is InChI=1S/C85H111N17O26/c1-5-6-7-8-9-10-14-27-66(106)94-57(34-51-41-89-55-25-18-16-22-52(51)55)79(121)97-58(36-65(87)105)80(122)99-61(39-72(115)116)81(123)102-74-47(4)128-85(127)62(35-64(104)53-23-15-17-24-54(53)86)100-84(126)73(45(2)33-69(109)110)101-82(124)63(44-103)95-68(108)42-90-76(118)59(37-70(111)112)96-75(117)46(3)92-78(120)60(38-71(113)114)98-77(119)56(93-67(107)43-91-83(74)125)26-19-32-88-40-48-28-30-50(31-29-48)49-20-12-11-13-21-49/h11-13,15-18,20-25,28-31,41,45-47,56-63,73-74,88-89,103H,5-10,14,19,26-27,32-40,42-44,86H2,1-4H3,(H2,87,105)(H,90,118)(H,91,125)(H,92,120)(H,93,107)(H,94,106)(H,95,108)(H,96,117)(H,97,121)(H,98,119)(H,99,122)(H,100,126)(H,101,124)(H,102,123)(H,109,110)(H,111,112)(H,113,114)(H,115,116). The molecule has 1 aliphatic rings. The summed E-state index contributed by atoms with van der Waals surface area (Å²) in [4.78, 5) is 280. The summed E-state index contributed by atoms with van der Waals surface area (Å²) in [5.74, 6) is -29.7. The number of anilines is 1. The second kappa shape index (κ2) is 51.9. The number of nitrogens with one attached hydrogen (secondary N) is 15. The first kappa shape index (κ1) is 103. The Bertz CT molecular complexity index is 4800. The van der Waals surface area contributed by atoms with Gasteiger partial charge >= 0.3 is 29.8 Å². The highest BCUT2D eigenvalue weighted by molar-refractivity contribution is 6.05. The summed E-state index contributed by atoms with van der Waals surface area (Å²) >= 11 is 0. The predicted molar refractivity (Wildman–Crippen MR) is 455 cm³/mol. The van der Waals surface area contributed by atoms with Crippen LogP contribution in [0.25, 0.3) is 22.0 Å². The molecule has 5 aromatic rings. The number of benzene rings is 4. The first-order chi connectivity index (χ1) is 60.8. The van der Waals surface area contributed by atoms with Gasteiger partial charge < -0.3 is 121 Å². The van der Waals surface area contributed by atoms with E-state index in [-0.39, 0.29) is 50.0 Å². The van der Waals surface area contributed by atoms with Gasteiger partial charge in [0.15, 0.2) is 5.78 Å². The van der Waals surface area contributed by atoms with Gasteiger partial charge in [0.1, 0.15) is 72.6 Å². The normalized spacial score (nSPS) is 20.2. The van der Waals surface area contributed by atoms with Gasteiger partial charge in [-0.15, -0.1) is 0 Å². The number of amides is 14. The fourth-order valence-corrected chi connectivity index (χ4v) is 13.5. The van der Waals surface area contributed by atoms with Crippen LogP contribution in [0.2, 0.25) is 0 Å². The Morgan fingerprint density at radius 3 is 1.69 bits per heavy atom. The van der Waals surface area contributed by atoms with Gasteiger partial charge in [-0.2, -0.15) is 0 Å². The highest BCUT2D eigenvalue weighted by atomic mass is 16.5. The number of ketones is 1. The van der Waals surface area contributed by atoms with E-state index in [1.165, 1.54) is 24.3 Å². The van der Waals surface area contributed by atoms with Crippen molar-refractivity contribution >= 4 is 135 Å². The van der Waals surface area contributed by atoms with Crippen LogP contribution in [-0.4, -0.2) is 248 Å². The van der Waals surface area contributed by atoms with Crippen LogP contribution in [0.3, 0.4) is 0 Å². The van der Waals surface area contributed by atoms with Gasteiger partial charge in [-0.25, -0.2) is 4.79 Å². The maximum absolute atomic E-state index is 15.0. The van der Waals surface area contributed by atoms with Gasteiger partial charge in [0.2, 0.25) is 82.7 Å². The Morgan fingerprint density at radius 2 is 1.06 bits per heavy atom. The number of nitrogens with two attached hydrogens (primary N) is 2. The molecule has 692 valence electrons. The van der Waals surface area contributed by atoms with Crippen molar-refractivity contribution in [3.8, 4) is 11.1 Å². The molecule has 1 fully saturated rings. The number of carbonyl (C=O) groups excluding carboxylic acids is 16. The minimum atomic E-state index is -2.46. The Balaban J connectivity index is 1.42. The molecule has 0 bridgehead atoms. The van der Waals surface area contributed by atoms with Crippen LogP contribution >= 0.6 is 0 Å². The third-order valence-corrected chi connectivity index (χ3v) is 20.4. The van der Waals surface area contributed by atoms with Gasteiger partial charge in [0.25, 0.3) is 0 Å². The van der Waals surface area contributed by atoms with Crippen LogP contribution in [-0.2, 0) is 109 Å². The number of fused-ring (bicyclic) bond motifs is 1. The van der Waals surface area contributed by atoms with Crippen molar-refractivity contribution in [2.45, 2.75) is 216 Å². The van der Waals surface area contributed by atoms with E-state index in [9.17, 15) is 112 Å². The lowest BCUT2D eigenvalue weighted by Crippen LogP contribution is -2.62. The van der Waals surface area contributed by atoms with E-state index >= 15 is 9.59 Å². The van der Waals surface area contributed by atoms with Gasteiger partial charge in [-0.1, -0.05) is 137 Å². The number of carboxylic acid groups (broad SMARTS) is 4. The minimum Gasteiger partial charge on any atom is -0.481 e. The van der Waals surface area contributed by atoms with E-state index in [0.29, 0.717) is 29.3 Å². The maximum Gasteiger partial charge on any atom is 0.329 e.